The number of nitrogens with one attached hydrogen (secondary N) is 2. The maximum Gasteiger partial charge on any atom is 0.417 e. The highest BCUT2D eigenvalue weighted by atomic mass is 35.5. The van der Waals surface area contributed by atoms with E-state index in [-0.39, 0.29) is 28.2 Å². The molecule has 138 valence electrons. The van der Waals surface area contributed by atoms with E-state index in [2.05, 4.69) is 4.98 Å². The lowest BCUT2D eigenvalue weighted by molar-refractivity contribution is -0.137. The number of aromatic nitrogens is 2. The van der Waals surface area contributed by atoms with E-state index in [0.29, 0.717) is 12.7 Å². The van der Waals surface area contributed by atoms with Crippen LogP contribution in [0.4, 0.5) is 13.2 Å². The average Bonchev–Trinajstić information content (AvgIpc) is 2.50. The highest BCUT2D eigenvalue weighted by molar-refractivity contribution is 7.99. The van der Waals surface area contributed by atoms with Crippen molar-refractivity contribution in [2.24, 2.45) is 0 Å². The molecule has 0 unspecified atom stereocenters. The zero-order chi connectivity index (χ0) is 18.8. The predicted octanol–water partition coefficient (Wildman–Crippen LogP) is 2.38. The highest BCUT2D eigenvalue weighted by Gasteiger charge is 2.35. The Morgan fingerprint density at radius 2 is 2.04 bits per heavy atom. The molecular formula is C14H14ClF3N2O4S. The van der Waals surface area contributed by atoms with E-state index < -0.39 is 34.1 Å². The molecule has 0 bridgehead atoms. The zero-order valence-electron chi connectivity index (χ0n) is 12.9. The number of H-pyrrole nitrogens is 2. The quantitative estimate of drug-likeness (QED) is 0.649. The molecule has 2 rings (SSSR count). The summed E-state index contributed by atoms with van der Waals surface area (Å²) in [7, 11) is 0. The van der Waals surface area contributed by atoms with Gasteiger partial charge < -0.3 is 14.8 Å². The van der Waals surface area contributed by atoms with Crippen LogP contribution in [0.15, 0.2) is 20.6 Å². The van der Waals surface area contributed by atoms with Crippen molar-refractivity contribution < 1.29 is 23.0 Å². The molecule has 1 atom stereocenters. The fourth-order valence-corrected chi connectivity index (χ4v) is 3.49. The molecule has 1 heterocycles. The Hall–Kier alpha value is -1.49. The van der Waals surface area contributed by atoms with E-state index >= 15 is 0 Å². The van der Waals surface area contributed by atoms with Crippen LogP contribution in [-0.2, 0) is 10.9 Å². The summed E-state index contributed by atoms with van der Waals surface area (Å²) in [6.07, 6.45) is -5.74. The minimum atomic E-state index is -4.78. The molecule has 25 heavy (non-hydrogen) atoms. The van der Waals surface area contributed by atoms with Crippen molar-refractivity contribution in [1.82, 2.24) is 9.97 Å². The third kappa shape index (κ3) is 4.57. The molecular weight excluding hydrogens is 385 g/mol. The van der Waals surface area contributed by atoms with Crippen molar-refractivity contribution in [2.45, 2.75) is 24.1 Å². The second-order valence-corrected chi connectivity index (χ2v) is 6.43. The summed E-state index contributed by atoms with van der Waals surface area (Å²) in [5, 5.41) is 8.80. The van der Waals surface area contributed by atoms with E-state index in [1.807, 2.05) is 4.98 Å². The van der Waals surface area contributed by atoms with Crippen LogP contribution < -0.4 is 11.2 Å². The molecule has 1 aromatic carbocycles. The van der Waals surface area contributed by atoms with Gasteiger partial charge in [-0.15, -0.1) is 11.8 Å². The van der Waals surface area contributed by atoms with Crippen LogP contribution in [0.1, 0.15) is 12.5 Å². The van der Waals surface area contributed by atoms with Crippen molar-refractivity contribution in [3.05, 3.63) is 37.5 Å². The molecule has 0 amide bonds. The number of hydrogen-bond acceptors (Lipinski definition) is 5. The predicted molar refractivity (Wildman–Crippen MR) is 88.4 cm³/mol. The second-order valence-electron chi connectivity index (χ2n) is 5.02. The van der Waals surface area contributed by atoms with Gasteiger partial charge in [0.2, 0.25) is 0 Å². The first-order valence-electron chi connectivity index (χ1n) is 7.09. The number of aliphatic hydroxyl groups is 1. The van der Waals surface area contributed by atoms with Gasteiger partial charge >= 0.3 is 11.9 Å². The van der Waals surface area contributed by atoms with E-state index in [1.54, 1.807) is 6.92 Å². The maximum absolute atomic E-state index is 13.2. The molecule has 6 nitrogen and oxygen atoms in total. The fourth-order valence-electron chi connectivity index (χ4n) is 2.08. The molecule has 0 aliphatic heterocycles. The van der Waals surface area contributed by atoms with Gasteiger partial charge in [0.1, 0.15) is 0 Å². The van der Waals surface area contributed by atoms with Gasteiger partial charge in [-0.25, -0.2) is 4.79 Å². The summed E-state index contributed by atoms with van der Waals surface area (Å²) < 4.78 is 44.6. The topological polar surface area (TPSA) is 95.2 Å². The van der Waals surface area contributed by atoms with Gasteiger partial charge in [-0.3, -0.25) is 9.78 Å². The van der Waals surface area contributed by atoms with Gasteiger partial charge in [0.05, 0.1) is 39.1 Å². The van der Waals surface area contributed by atoms with Crippen LogP contribution in [0.3, 0.4) is 0 Å². The summed E-state index contributed by atoms with van der Waals surface area (Å²) in [5.74, 6) is -0.0367. The van der Waals surface area contributed by atoms with Gasteiger partial charge in [-0.05, 0) is 13.0 Å². The monoisotopic (exact) mass is 398 g/mol. The number of benzene rings is 1. The van der Waals surface area contributed by atoms with Crippen LogP contribution >= 0.6 is 23.4 Å². The van der Waals surface area contributed by atoms with E-state index in [9.17, 15) is 27.9 Å². The highest BCUT2D eigenvalue weighted by Crippen LogP contribution is 2.42. The summed E-state index contributed by atoms with van der Waals surface area (Å²) in [6, 6.07) is 0.590. The molecule has 0 spiro atoms. The molecule has 0 saturated carbocycles. The van der Waals surface area contributed by atoms with Crippen molar-refractivity contribution in [3.63, 3.8) is 0 Å². The molecule has 11 heteroatoms. The summed E-state index contributed by atoms with van der Waals surface area (Å²) in [6.45, 7) is 2.10. The van der Waals surface area contributed by atoms with E-state index in [0.717, 1.165) is 11.8 Å². The number of halogens is 4. The number of rotatable bonds is 6. The van der Waals surface area contributed by atoms with Gasteiger partial charge in [0, 0.05) is 12.4 Å². The second kappa shape index (κ2) is 7.81. The van der Waals surface area contributed by atoms with Crippen molar-refractivity contribution in [1.29, 1.82) is 0 Å². The minimum Gasteiger partial charge on any atom is -0.390 e. The van der Waals surface area contributed by atoms with Crippen LogP contribution in [0.5, 0.6) is 0 Å². The Morgan fingerprint density at radius 3 is 2.64 bits per heavy atom. The van der Waals surface area contributed by atoms with E-state index in [1.165, 1.54) is 0 Å². The van der Waals surface area contributed by atoms with Gasteiger partial charge in [-0.2, -0.15) is 13.2 Å². The lowest BCUT2D eigenvalue weighted by Crippen LogP contribution is -2.23. The number of fused-ring (bicyclic) bond motifs is 1. The minimum absolute atomic E-state index is 0.00484. The van der Waals surface area contributed by atoms with E-state index in [4.69, 9.17) is 16.3 Å². The van der Waals surface area contributed by atoms with Crippen molar-refractivity contribution in [2.75, 3.05) is 19.0 Å². The number of thioether (sulfide) groups is 1. The average molecular weight is 399 g/mol. The van der Waals surface area contributed by atoms with Crippen LogP contribution in [0.2, 0.25) is 5.02 Å². The first-order valence-corrected chi connectivity index (χ1v) is 8.46. The molecule has 0 fully saturated rings. The van der Waals surface area contributed by atoms with Crippen LogP contribution in [0, 0.1) is 0 Å². The van der Waals surface area contributed by atoms with Crippen molar-refractivity contribution in [3.8, 4) is 0 Å². The Bertz CT molecular complexity index is 881. The number of hydrogen-bond donors (Lipinski definition) is 3. The number of ether oxygens (including phenoxy) is 1. The number of alkyl halides is 3. The normalized spacial score (nSPS) is 13.4. The summed E-state index contributed by atoms with van der Waals surface area (Å²) in [4.78, 5) is 27.4. The first kappa shape index (κ1) is 19.8. The molecule has 0 saturated heterocycles. The molecule has 0 aliphatic carbocycles. The summed E-state index contributed by atoms with van der Waals surface area (Å²) >= 11 is 6.67. The molecule has 3 N–H and O–H groups in total. The van der Waals surface area contributed by atoms with Crippen molar-refractivity contribution >= 4 is 34.3 Å². The Labute approximate surface area is 148 Å². The standard InChI is InChI=1S/C14H14ClF3N2O4S/c1-2-24-4-6(21)5-25-11-9(15)8(14(16,17)18)3-7-10(11)19-13(23)20-12(7)22/h3,6,21H,2,4-5H2,1H3,(H2,19,20,22,23)/t6-/m1/s1. The smallest absolute Gasteiger partial charge is 0.390 e. The van der Waals surface area contributed by atoms with Gasteiger partial charge in [0.15, 0.2) is 0 Å². The third-order valence-electron chi connectivity index (χ3n) is 3.17. The van der Waals surface area contributed by atoms with Crippen LogP contribution in [0.25, 0.3) is 10.9 Å². The molecule has 0 radical (unpaired) electrons. The lowest BCUT2D eigenvalue weighted by atomic mass is 10.1. The number of aromatic amines is 2. The third-order valence-corrected chi connectivity index (χ3v) is 4.92. The Morgan fingerprint density at radius 1 is 1.36 bits per heavy atom. The maximum atomic E-state index is 13.2. The lowest BCUT2D eigenvalue weighted by Gasteiger charge is -2.16. The van der Waals surface area contributed by atoms with Crippen LogP contribution in [-0.4, -0.2) is 40.1 Å². The zero-order valence-corrected chi connectivity index (χ0v) is 14.4. The SMILES string of the molecule is CCOC[C@@H](O)CSc1c(Cl)c(C(F)(F)F)cc2c(=O)[nH]c(=O)[nH]c12. The molecule has 2 aromatic rings. The Balaban J connectivity index is 2.57. The largest absolute Gasteiger partial charge is 0.417 e. The number of aliphatic hydroxyl groups excluding tert-OH is 1. The summed E-state index contributed by atoms with van der Waals surface area (Å²) in [5.41, 5.74) is -3.14. The fraction of sp³-hybridized carbons (Fsp3) is 0.429. The Kier molecular flexibility index (Phi) is 6.20. The van der Waals surface area contributed by atoms with Gasteiger partial charge in [-0.1, -0.05) is 11.6 Å². The van der Waals surface area contributed by atoms with Gasteiger partial charge in [0.25, 0.3) is 5.56 Å². The molecule has 1 aromatic heterocycles. The first-order chi connectivity index (χ1) is 11.6. The molecule has 0 aliphatic rings.